The van der Waals surface area contributed by atoms with E-state index < -0.39 is 0 Å². The average Bonchev–Trinajstić information content (AvgIpc) is 3.15. The second-order valence-corrected chi connectivity index (χ2v) is 10.7. The summed E-state index contributed by atoms with van der Waals surface area (Å²) >= 11 is 0. The van der Waals surface area contributed by atoms with Gasteiger partial charge in [-0.3, -0.25) is 4.98 Å². The van der Waals surface area contributed by atoms with E-state index in [0.29, 0.717) is 18.0 Å². The Morgan fingerprint density at radius 1 is 1.12 bits per heavy atom. The molecule has 0 spiro atoms. The Morgan fingerprint density at radius 3 is 2.85 bits per heavy atom. The normalized spacial score (nSPS) is 25.8. The second kappa shape index (κ2) is 6.73. The number of aromatic amines is 1. The summed E-state index contributed by atoms with van der Waals surface area (Å²) in [5.74, 6) is 2.40. The lowest BCUT2D eigenvalue weighted by Crippen LogP contribution is -2.61. The minimum Gasteiger partial charge on any atom is -0.349 e. The number of fused-ring (bicyclic) bond motifs is 3. The first kappa shape index (κ1) is 19.4. The summed E-state index contributed by atoms with van der Waals surface area (Å²) in [5, 5.41) is 5.89. The van der Waals surface area contributed by atoms with Crippen molar-refractivity contribution in [1.82, 2.24) is 30.2 Å². The topological polar surface area (TPSA) is 82.6 Å². The minimum atomic E-state index is 0.169. The first-order chi connectivity index (χ1) is 16.0. The van der Waals surface area contributed by atoms with E-state index in [9.17, 15) is 0 Å². The van der Waals surface area contributed by atoms with E-state index in [1.807, 2.05) is 18.5 Å². The maximum atomic E-state index is 5.33. The van der Waals surface area contributed by atoms with Crippen LogP contribution in [0.1, 0.15) is 50.3 Å². The van der Waals surface area contributed by atoms with Crippen LogP contribution in [0.5, 0.6) is 0 Å². The van der Waals surface area contributed by atoms with Crippen molar-refractivity contribution in [2.24, 2.45) is 5.41 Å². The fraction of sp³-hybridized carbons (Fsp3) is 0.462. The van der Waals surface area contributed by atoms with Crippen LogP contribution in [-0.4, -0.2) is 50.1 Å². The highest BCUT2D eigenvalue weighted by Gasteiger charge is 2.49. The van der Waals surface area contributed by atoms with E-state index >= 15 is 0 Å². The Labute approximate surface area is 193 Å². The molecule has 1 saturated carbocycles. The van der Waals surface area contributed by atoms with Gasteiger partial charge in [-0.1, -0.05) is 13.8 Å². The molecule has 6 heterocycles. The summed E-state index contributed by atoms with van der Waals surface area (Å²) in [5.41, 5.74) is 5.45. The zero-order valence-corrected chi connectivity index (χ0v) is 19.4. The van der Waals surface area contributed by atoms with Crippen LogP contribution in [-0.2, 0) is 0 Å². The zero-order valence-electron chi connectivity index (χ0n) is 19.4. The van der Waals surface area contributed by atoms with Crippen LogP contribution in [0.3, 0.4) is 0 Å². The number of aryl methyl sites for hydroxylation is 1. The van der Waals surface area contributed by atoms with Crippen molar-refractivity contribution in [2.75, 3.05) is 18.0 Å². The number of pyridine rings is 2. The molecule has 168 valence electrons. The van der Waals surface area contributed by atoms with Gasteiger partial charge in [0.2, 0.25) is 0 Å². The Bertz CT molecular complexity index is 1400. The van der Waals surface area contributed by atoms with Crippen LogP contribution in [0.2, 0.25) is 0 Å². The predicted octanol–water partition coefficient (Wildman–Crippen LogP) is 4.33. The number of nitrogens with zero attached hydrogens (tertiary/aromatic N) is 5. The third-order valence-corrected chi connectivity index (χ3v) is 8.18. The fourth-order valence-corrected chi connectivity index (χ4v) is 6.42. The highest BCUT2D eigenvalue weighted by Crippen LogP contribution is 2.53. The standard InChI is InChI=1S/C26H29N7/c1-14-10-17-16(6-9-29-23(17)30-14)24-31-19-12-28-11-18-15-4-5-20(15)33(25(32-24)22(18)19)21-7-8-27-13-26(21,2)3/h6,9-12,15,20-21,27H,4-5,7-8,13H2,1-3H3,(H,29,30). The summed E-state index contributed by atoms with van der Waals surface area (Å²) < 4.78 is 0. The minimum absolute atomic E-state index is 0.169. The first-order valence-corrected chi connectivity index (χ1v) is 12.1. The molecule has 0 bridgehead atoms. The molecule has 0 aromatic carbocycles. The van der Waals surface area contributed by atoms with Crippen molar-refractivity contribution >= 4 is 27.8 Å². The smallest absolute Gasteiger partial charge is 0.163 e. The van der Waals surface area contributed by atoms with Gasteiger partial charge in [0, 0.05) is 59.0 Å². The predicted molar refractivity (Wildman–Crippen MR) is 130 cm³/mol. The van der Waals surface area contributed by atoms with Crippen molar-refractivity contribution < 1.29 is 0 Å². The number of hydrogen-bond acceptors (Lipinski definition) is 6. The van der Waals surface area contributed by atoms with Gasteiger partial charge in [-0.2, -0.15) is 0 Å². The summed E-state index contributed by atoms with van der Waals surface area (Å²) in [6.45, 7) is 8.94. The largest absolute Gasteiger partial charge is 0.349 e. The lowest BCUT2D eigenvalue weighted by atomic mass is 9.68. The summed E-state index contributed by atoms with van der Waals surface area (Å²) in [6.07, 6.45) is 9.40. The Morgan fingerprint density at radius 2 is 2.03 bits per heavy atom. The molecule has 3 aliphatic rings. The zero-order chi connectivity index (χ0) is 22.3. The van der Waals surface area contributed by atoms with Crippen LogP contribution in [0.15, 0.2) is 30.7 Å². The molecule has 2 N–H and O–H groups in total. The summed E-state index contributed by atoms with van der Waals surface area (Å²) in [7, 11) is 0. The quantitative estimate of drug-likeness (QED) is 0.484. The van der Waals surface area contributed by atoms with Crippen molar-refractivity contribution in [3.8, 4) is 11.4 Å². The maximum absolute atomic E-state index is 5.33. The first-order valence-electron chi connectivity index (χ1n) is 12.1. The lowest BCUT2D eigenvalue weighted by molar-refractivity contribution is 0.173. The number of nitrogens with one attached hydrogen (secondary N) is 2. The lowest BCUT2D eigenvalue weighted by Gasteiger charge is -2.56. The molecule has 2 aliphatic heterocycles. The molecule has 4 aromatic heterocycles. The fourth-order valence-electron chi connectivity index (χ4n) is 6.42. The maximum Gasteiger partial charge on any atom is 0.163 e. The van der Waals surface area contributed by atoms with Crippen LogP contribution in [0.25, 0.3) is 33.3 Å². The van der Waals surface area contributed by atoms with Crippen molar-refractivity contribution in [3.05, 3.63) is 42.0 Å². The van der Waals surface area contributed by atoms with Gasteiger partial charge in [0.05, 0.1) is 11.7 Å². The van der Waals surface area contributed by atoms with Gasteiger partial charge in [0.25, 0.3) is 0 Å². The van der Waals surface area contributed by atoms with E-state index in [4.69, 9.17) is 9.97 Å². The molecule has 0 radical (unpaired) electrons. The molecule has 2 fully saturated rings. The molecule has 3 atom stereocenters. The Kier molecular flexibility index (Phi) is 3.96. The molecule has 4 aromatic rings. The highest BCUT2D eigenvalue weighted by atomic mass is 15.3. The number of hydrogen-bond donors (Lipinski definition) is 2. The molecular formula is C26H29N7. The molecule has 7 nitrogen and oxygen atoms in total. The Hall–Kier alpha value is -3.06. The van der Waals surface area contributed by atoms with Crippen molar-refractivity contribution in [1.29, 1.82) is 0 Å². The van der Waals surface area contributed by atoms with E-state index in [-0.39, 0.29) is 5.41 Å². The second-order valence-electron chi connectivity index (χ2n) is 10.7. The van der Waals surface area contributed by atoms with Crippen LogP contribution >= 0.6 is 0 Å². The summed E-state index contributed by atoms with van der Waals surface area (Å²) in [6, 6.07) is 5.13. The van der Waals surface area contributed by atoms with Crippen LogP contribution in [0, 0.1) is 12.3 Å². The highest BCUT2D eigenvalue weighted by molar-refractivity contribution is 5.98. The molecule has 7 rings (SSSR count). The van der Waals surface area contributed by atoms with E-state index in [1.54, 1.807) is 0 Å². The van der Waals surface area contributed by atoms with Gasteiger partial charge in [-0.15, -0.1) is 0 Å². The van der Waals surface area contributed by atoms with Crippen LogP contribution in [0.4, 0.5) is 5.82 Å². The molecule has 1 aliphatic carbocycles. The van der Waals surface area contributed by atoms with E-state index in [1.165, 1.54) is 23.8 Å². The van der Waals surface area contributed by atoms with Gasteiger partial charge in [-0.25, -0.2) is 15.0 Å². The van der Waals surface area contributed by atoms with E-state index in [0.717, 1.165) is 59.0 Å². The number of piperidine rings is 1. The SMILES string of the molecule is Cc1cc2c(-c3nc4c5c(cncc5n3)C3CCC3N4C3CCNCC3(C)C)ccnc2[nH]1. The molecule has 3 unspecified atom stereocenters. The molecule has 7 heteroatoms. The van der Waals surface area contributed by atoms with Crippen molar-refractivity contribution in [3.63, 3.8) is 0 Å². The van der Waals surface area contributed by atoms with E-state index in [2.05, 4.69) is 58.2 Å². The third kappa shape index (κ3) is 2.72. The van der Waals surface area contributed by atoms with Gasteiger partial charge in [-0.05, 0) is 55.8 Å². The van der Waals surface area contributed by atoms with Crippen LogP contribution < -0.4 is 10.2 Å². The Balaban J connectivity index is 1.49. The number of anilines is 1. The van der Waals surface area contributed by atoms with Gasteiger partial charge in [0.15, 0.2) is 5.82 Å². The third-order valence-electron chi connectivity index (χ3n) is 8.18. The number of rotatable bonds is 2. The molecule has 33 heavy (non-hydrogen) atoms. The molecule has 1 saturated heterocycles. The van der Waals surface area contributed by atoms with Gasteiger partial charge >= 0.3 is 0 Å². The van der Waals surface area contributed by atoms with Gasteiger partial charge in [0.1, 0.15) is 11.5 Å². The average molecular weight is 440 g/mol. The molecular weight excluding hydrogens is 410 g/mol. The number of aromatic nitrogens is 5. The molecule has 0 amide bonds. The van der Waals surface area contributed by atoms with Gasteiger partial charge < -0.3 is 15.2 Å². The number of H-pyrrole nitrogens is 1. The summed E-state index contributed by atoms with van der Waals surface area (Å²) in [4.78, 5) is 25.5. The monoisotopic (exact) mass is 439 g/mol. The van der Waals surface area contributed by atoms with Crippen molar-refractivity contribution in [2.45, 2.75) is 58.0 Å².